The maximum absolute atomic E-state index is 13.6. The van der Waals surface area contributed by atoms with Gasteiger partial charge in [-0.2, -0.15) is 5.10 Å². The van der Waals surface area contributed by atoms with Crippen LogP contribution in [0.15, 0.2) is 65.9 Å². The van der Waals surface area contributed by atoms with Crippen molar-refractivity contribution in [1.82, 2.24) is 20.4 Å². The molecule has 0 fully saturated rings. The van der Waals surface area contributed by atoms with E-state index in [1.807, 2.05) is 41.2 Å². The van der Waals surface area contributed by atoms with Crippen LogP contribution in [0, 0.1) is 12.7 Å². The second-order valence-electron chi connectivity index (χ2n) is 5.98. The summed E-state index contributed by atoms with van der Waals surface area (Å²) < 4.78 is 15.5. The Hall–Kier alpha value is -3.15. The number of aryl methyl sites for hydroxylation is 1. The fraction of sp³-hybridized carbons (Fsp3) is 0.200. The summed E-state index contributed by atoms with van der Waals surface area (Å²) in [5.41, 5.74) is 3.64. The van der Waals surface area contributed by atoms with Gasteiger partial charge in [-0.3, -0.25) is 4.99 Å². The van der Waals surface area contributed by atoms with Crippen LogP contribution in [0.25, 0.3) is 5.69 Å². The number of rotatable bonds is 5. The van der Waals surface area contributed by atoms with E-state index in [-0.39, 0.29) is 5.82 Å². The number of aromatic nitrogens is 2. The summed E-state index contributed by atoms with van der Waals surface area (Å²) >= 11 is 0. The lowest BCUT2D eigenvalue weighted by atomic mass is 10.1. The second kappa shape index (κ2) is 8.29. The van der Waals surface area contributed by atoms with Gasteiger partial charge in [-0.1, -0.05) is 24.3 Å². The molecule has 0 spiro atoms. The Morgan fingerprint density at radius 2 is 1.85 bits per heavy atom. The molecule has 0 amide bonds. The van der Waals surface area contributed by atoms with Crippen LogP contribution < -0.4 is 10.6 Å². The lowest BCUT2D eigenvalue weighted by Gasteiger charge is -2.13. The Kier molecular flexibility index (Phi) is 5.63. The number of halogens is 1. The van der Waals surface area contributed by atoms with Gasteiger partial charge in [-0.15, -0.1) is 0 Å². The Bertz CT molecular complexity index is 887. The minimum Gasteiger partial charge on any atom is -0.352 e. The minimum absolute atomic E-state index is 0.192. The van der Waals surface area contributed by atoms with Crippen molar-refractivity contribution in [2.24, 2.45) is 4.99 Å². The molecule has 0 bridgehead atoms. The van der Waals surface area contributed by atoms with Gasteiger partial charge in [-0.05, 0) is 47.9 Å². The Balaban J connectivity index is 1.57. The molecule has 6 heteroatoms. The fourth-order valence-corrected chi connectivity index (χ4v) is 2.57. The van der Waals surface area contributed by atoms with Gasteiger partial charge in [0.1, 0.15) is 5.82 Å². The highest BCUT2D eigenvalue weighted by Crippen LogP contribution is 2.10. The molecule has 1 aromatic heterocycles. The van der Waals surface area contributed by atoms with Crippen molar-refractivity contribution in [1.29, 1.82) is 0 Å². The monoisotopic (exact) mass is 351 g/mol. The lowest BCUT2D eigenvalue weighted by Crippen LogP contribution is -2.36. The van der Waals surface area contributed by atoms with Crippen LogP contribution in [0.2, 0.25) is 0 Å². The standard InChI is InChI=1S/C20H22FN5/c1-15-7-8-17(12-19(15)21)14-24-20(22-2)23-13-16-5-3-6-18(11-16)26-10-4-9-25-26/h3-12H,13-14H2,1-2H3,(H2,22,23,24). The fourth-order valence-electron chi connectivity index (χ4n) is 2.57. The van der Waals surface area contributed by atoms with Crippen molar-refractivity contribution in [3.05, 3.63) is 83.4 Å². The topological polar surface area (TPSA) is 54.2 Å². The quantitative estimate of drug-likeness (QED) is 0.548. The van der Waals surface area contributed by atoms with E-state index in [0.717, 1.165) is 16.8 Å². The van der Waals surface area contributed by atoms with Crippen molar-refractivity contribution in [3.8, 4) is 5.69 Å². The van der Waals surface area contributed by atoms with Crippen LogP contribution in [0.5, 0.6) is 0 Å². The normalized spacial score (nSPS) is 11.4. The van der Waals surface area contributed by atoms with E-state index >= 15 is 0 Å². The predicted molar refractivity (Wildman–Crippen MR) is 102 cm³/mol. The molecule has 0 unspecified atom stereocenters. The number of nitrogens with zero attached hydrogens (tertiary/aromatic N) is 3. The average molecular weight is 351 g/mol. The zero-order valence-electron chi connectivity index (χ0n) is 14.9. The van der Waals surface area contributed by atoms with E-state index in [1.165, 1.54) is 0 Å². The first-order valence-electron chi connectivity index (χ1n) is 8.44. The third-order valence-electron chi connectivity index (χ3n) is 4.06. The highest BCUT2D eigenvalue weighted by molar-refractivity contribution is 5.79. The van der Waals surface area contributed by atoms with E-state index in [1.54, 1.807) is 32.3 Å². The van der Waals surface area contributed by atoms with E-state index in [0.29, 0.717) is 24.6 Å². The molecule has 0 saturated carbocycles. The maximum atomic E-state index is 13.6. The molecule has 2 N–H and O–H groups in total. The highest BCUT2D eigenvalue weighted by atomic mass is 19.1. The number of hydrogen-bond acceptors (Lipinski definition) is 2. The molecular formula is C20H22FN5. The van der Waals surface area contributed by atoms with Crippen LogP contribution in [-0.4, -0.2) is 22.8 Å². The number of guanidine groups is 1. The van der Waals surface area contributed by atoms with E-state index in [9.17, 15) is 4.39 Å². The maximum Gasteiger partial charge on any atom is 0.191 e. The molecule has 0 atom stereocenters. The van der Waals surface area contributed by atoms with E-state index in [2.05, 4.69) is 26.8 Å². The summed E-state index contributed by atoms with van der Waals surface area (Å²) in [5.74, 6) is 0.471. The first-order valence-corrected chi connectivity index (χ1v) is 8.44. The summed E-state index contributed by atoms with van der Waals surface area (Å²) in [6.07, 6.45) is 3.67. The first-order chi connectivity index (χ1) is 12.7. The summed E-state index contributed by atoms with van der Waals surface area (Å²) in [6.45, 7) is 2.88. The zero-order valence-corrected chi connectivity index (χ0v) is 14.9. The molecule has 0 radical (unpaired) electrons. The van der Waals surface area contributed by atoms with Crippen LogP contribution in [-0.2, 0) is 13.1 Å². The third-order valence-corrected chi connectivity index (χ3v) is 4.06. The largest absolute Gasteiger partial charge is 0.352 e. The first kappa shape index (κ1) is 17.7. The summed E-state index contributed by atoms with van der Waals surface area (Å²) in [4.78, 5) is 4.21. The van der Waals surface area contributed by atoms with Crippen LogP contribution in [0.3, 0.4) is 0 Å². The molecule has 0 aliphatic rings. The number of hydrogen-bond donors (Lipinski definition) is 2. The van der Waals surface area contributed by atoms with Gasteiger partial charge in [0.25, 0.3) is 0 Å². The summed E-state index contributed by atoms with van der Waals surface area (Å²) in [5, 5.41) is 10.7. The molecule has 5 nitrogen and oxygen atoms in total. The van der Waals surface area contributed by atoms with Gasteiger partial charge in [0.05, 0.1) is 5.69 Å². The average Bonchev–Trinajstić information content (AvgIpc) is 3.20. The summed E-state index contributed by atoms with van der Waals surface area (Å²) in [7, 11) is 1.71. The molecule has 134 valence electrons. The SMILES string of the molecule is CN=C(NCc1cccc(-n2cccn2)c1)NCc1ccc(C)c(F)c1. The predicted octanol–water partition coefficient (Wildman–Crippen LogP) is 3.19. The summed E-state index contributed by atoms with van der Waals surface area (Å²) in [6, 6.07) is 15.3. The Labute approximate surface area is 152 Å². The molecule has 3 rings (SSSR count). The van der Waals surface area contributed by atoms with Gasteiger partial charge >= 0.3 is 0 Å². The number of nitrogens with one attached hydrogen (secondary N) is 2. The van der Waals surface area contributed by atoms with Crippen LogP contribution in [0.1, 0.15) is 16.7 Å². The van der Waals surface area contributed by atoms with E-state index in [4.69, 9.17) is 0 Å². The van der Waals surface area contributed by atoms with E-state index < -0.39 is 0 Å². The van der Waals surface area contributed by atoms with Gasteiger partial charge in [0, 0.05) is 32.5 Å². The highest BCUT2D eigenvalue weighted by Gasteiger charge is 2.03. The molecule has 2 aromatic carbocycles. The van der Waals surface area contributed by atoms with Crippen molar-refractivity contribution < 1.29 is 4.39 Å². The third kappa shape index (κ3) is 4.47. The Morgan fingerprint density at radius 1 is 1.08 bits per heavy atom. The molecule has 1 heterocycles. The molecule has 3 aromatic rings. The van der Waals surface area contributed by atoms with Crippen molar-refractivity contribution in [2.75, 3.05) is 7.05 Å². The number of aliphatic imine (C=N–C) groups is 1. The van der Waals surface area contributed by atoms with Gasteiger partial charge < -0.3 is 10.6 Å². The molecule has 0 saturated heterocycles. The van der Waals surface area contributed by atoms with Gasteiger partial charge in [0.2, 0.25) is 0 Å². The van der Waals surface area contributed by atoms with Crippen molar-refractivity contribution in [3.63, 3.8) is 0 Å². The second-order valence-corrected chi connectivity index (χ2v) is 5.98. The minimum atomic E-state index is -0.192. The van der Waals surface area contributed by atoms with Gasteiger partial charge in [0.15, 0.2) is 5.96 Å². The van der Waals surface area contributed by atoms with Gasteiger partial charge in [-0.25, -0.2) is 9.07 Å². The molecule has 0 aliphatic carbocycles. The number of benzene rings is 2. The Morgan fingerprint density at radius 3 is 2.50 bits per heavy atom. The van der Waals surface area contributed by atoms with Crippen molar-refractivity contribution in [2.45, 2.75) is 20.0 Å². The van der Waals surface area contributed by atoms with Crippen LogP contribution >= 0.6 is 0 Å². The zero-order chi connectivity index (χ0) is 18.4. The van der Waals surface area contributed by atoms with Crippen LogP contribution in [0.4, 0.5) is 4.39 Å². The van der Waals surface area contributed by atoms with Crippen molar-refractivity contribution >= 4 is 5.96 Å². The molecular weight excluding hydrogens is 329 g/mol. The smallest absolute Gasteiger partial charge is 0.191 e. The molecule has 26 heavy (non-hydrogen) atoms. The lowest BCUT2D eigenvalue weighted by molar-refractivity contribution is 0.615. The molecule has 0 aliphatic heterocycles.